The summed E-state index contributed by atoms with van der Waals surface area (Å²) in [7, 11) is 2.78. The Morgan fingerprint density at radius 2 is 1.56 bits per heavy atom. The Kier molecular flexibility index (Phi) is 6.18. The Bertz CT molecular complexity index is 861. The first-order valence-electron chi connectivity index (χ1n) is 8.24. The van der Waals surface area contributed by atoms with Crippen LogP contribution in [0, 0.1) is 5.41 Å². The van der Waals surface area contributed by atoms with Crippen molar-refractivity contribution in [2.24, 2.45) is 5.41 Å². The molecule has 0 unspecified atom stereocenters. The first-order valence-corrected chi connectivity index (χ1v) is 8.24. The van der Waals surface area contributed by atoms with Gasteiger partial charge in [0.25, 0.3) is 0 Å². The molecule has 0 aromatic heterocycles. The van der Waals surface area contributed by atoms with E-state index >= 15 is 0 Å². The third-order valence-corrected chi connectivity index (χ3v) is 4.04. The SMILES string of the molecule is COC(=O)c1ccccc1NC(=O)C(C)(C)C(=O)Nc1cccc(OC)c1. The zero-order chi connectivity index (χ0) is 20.0. The maximum absolute atomic E-state index is 12.7. The highest BCUT2D eigenvalue weighted by atomic mass is 16.5. The van der Waals surface area contributed by atoms with Crippen molar-refractivity contribution >= 4 is 29.2 Å². The van der Waals surface area contributed by atoms with Gasteiger partial charge in [0.2, 0.25) is 11.8 Å². The van der Waals surface area contributed by atoms with E-state index in [4.69, 9.17) is 9.47 Å². The molecule has 0 atom stereocenters. The predicted octanol–water partition coefficient (Wildman–Crippen LogP) is 3.09. The first-order chi connectivity index (χ1) is 12.8. The number of amides is 2. The largest absolute Gasteiger partial charge is 0.497 e. The molecule has 142 valence electrons. The third-order valence-electron chi connectivity index (χ3n) is 4.04. The highest BCUT2D eigenvalue weighted by Crippen LogP contribution is 2.25. The zero-order valence-corrected chi connectivity index (χ0v) is 15.7. The Morgan fingerprint density at radius 3 is 2.22 bits per heavy atom. The molecule has 7 heteroatoms. The molecule has 0 radical (unpaired) electrons. The standard InChI is InChI=1S/C20H22N2O5/c1-20(2,18(24)21-13-8-7-9-14(12-13)26-3)19(25)22-16-11-6-5-10-15(16)17(23)27-4/h5-12H,1-4H3,(H,21,24)(H,22,25). The highest BCUT2D eigenvalue weighted by molar-refractivity contribution is 6.15. The quantitative estimate of drug-likeness (QED) is 0.602. The minimum Gasteiger partial charge on any atom is -0.497 e. The zero-order valence-electron chi connectivity index (χ0n) is 15.7. The van der Waals surface area contributed by atoms with Crippen LogP contribution in [-0.2, 0) is 14.3 Å². The number of ether oxygens (including phenoxy) is 2. The van der Waals surface area contributed by atoms with Crippen molar-refractivity contribution in [2.45, 2.75) is 13.8 Å². The molecular formula is C20H22N2O5. The summed E-state index contributed by atoms with van der Waals surface area (Å²) in [4.78, 5) is 37.2. The van der Waals surface area contributed by atoms with Crippen molar-refractivity contribution in [1.82, 2.24) is 0 Å². The molecule has 2 N–H and O–H groups in total. The van der Waals surface area contributed by atoms with E-state index in [-0.39, 0.29) is 11.3 Å². The topological polar surface area (TPSA) is 93.7 Å². The summed E-state index contributed by atoms with van der Waals surface area (Å²) in [6, 6.07) is 13.3. The van der Waals surface area contributed by atoms with Gasteiger partial charge in [0, 0.05) is 11.8 Å². The van der Waals surface area contributed by atoms with E-state index in [1.807, 2.05) is 0 Å². The van der Waals surface area contributed by atoms with Crippen LogP contribution in [-0.4, -0.2) is 32.0 Å². The maximum atomic E-state index is 12.7. The van der Waals surface area contributed by atoms with E-state index in [1.54, 1.807) is 42.5 Å². The molecule has 0 spiro atoms. The second-order valence-corrected chi connectivity index (χ2v) is 6.30. The van der Waals surface area contributed by atoms with Crippen LogP contribution >= 0.6 is 0 Å². The summed E-state index contributed by atoms with van der Waals surface area (Å²) >= 11 is 0. The first kappa shape index (κ1) is 20.0. The molecule has 7 nitrogen and oxygen atoms in total. The van der Waals surface area contributed by atoms with Crippen LogP contribution in [0.15, 0.2) is 48.5 Å². The van der Waals surface area contributed by atoms with Gasteiger partial charge in [-0.3, -0.25) is 9.59 Å². The highest BCUT2D eigenvalue weighted by Gasteiger charge is 2.36. The number of benzene rings is 2. The molecule has 27 heavy (non-hydrogen) atoms. The molecule has 0 saturated heterocycles. The Labute approximate surface area is 157 Å². The second-order valence-electron chi connectivity index (χ2n) is 6.30. The van der Waals surface area contributed by atoms with E-state index in [1.165, 1.54) is 34.1 Å². The van der Waals surface area contributed by atoms with Crippen molar-refractivity contribution in [1.29, 1.82) is 0 Å². The number of hydrogen-bond donors (Lipinski definition) is 2. The summed E-state index contributed by atoms with van der Waals surface area (Å²) in [5, 5.41) is 5.33. The van der Waals surface area contributed by atoms with Gasteiger partial charge in [-0.2, -0.15) is 0 Å². The van der Waals surface area contributed by atoms with Gasteiger partial charge < -0.3 is 20.1 Å². The van der Waals surface area contributed by atoms with Gasteiger partial charge in [0.1, 0.15) is 11.2 Å². The van der Waals surface area contributed by atoms with Crippen molar-refractivity contribution in [3.05, 3.63) is 54.1 Å². The minimum atomic E-state index is -1.40. The monoisotopic (exact) mass is 370 g/mol. The summed E-state index contributed by atoms with van der Waals surface area (Å²) in [6.45, 7) is 3.00. The van der Waals surface area contributed by atoms with Gasteiger partial charge in [-0.25, -0.2) is 4.79 Å². The number of hydrogen-bond acceptors (Lipinski definition) is 5. The molecule has 2 aromatic rings. The minimum absolute atomic E-state index is 0.206. The fraction of sp³-hybridized carbons (Fsp3) is 0.250. The van der Waals surface area contributed by atoms with Crippen LogP contribution in [0.4, 0.5) is 11.4 Å². The number of anilines is 2. The Hall–Kier alpha value is -3.35. The molecule has 0 bridgehead atoms. The van der Waals surface area contributed by atoms with E-state index in [0.29, 0.717) is 11.4 Å². The van der Waals surface area contributed by atoms with Crippen molar-refractivity contribution in [3.63, 3.8) is 0 Å². The van der Waals surface area contributed by atoms with Crippen LogP contribution < -0.4 is 15.4 Å². The van der Waals surface area contributed by atoms with E-state index < -0.39 is 23.2 Å². The summed E-state index contributed by atoms with van der Waals surface area (Å²) in [5.74, 6) is -1.05. The van der Waals surface area contributed by atoms with Crippen molar-refractivity contribution in [3.8, 4) is 5.75 Å². The third kappa shape index (κ3) is 4.63. The van der Waals surface area contributed by atoms with Crippen molar-refractivity contribution in [2.75, 3.05) is 24.9 Å². The van der Waals surface area contributed by atoms with Crippen LogP contribution in [0.2, 0.25) is 0 Å². The number of methoxy groups -OCH3 is 2. The van der Waals surface area contributed by atoms with Gasteiger partial charge >= 0.3 is 5.97 Å². The molecule has 2 aromatic carbocycles. The molecule has 0 aliphatic rings. The van der Waals surface area contributed by atoms with Gasteiger partial charge in [0.05, 0.1) is 25.5 Å². The molecule has 0 heterocycles. The van der Waals surface area contributed by atoms with E-state index in [2.05, 4.69) is 10.6 Å². The number of nitrogens with one attached hydrogen (secondary N) is 2. The lowest BCUT2D eigenvalue weighted by Crippen LogP contribution is -2.41. The smallest absolute Gasteiger partial charge is 0.339 e. The van der Waals surface area contributed by atoms with Crippen LogP contribution in [0.5, 0.6) is 5.75 Å². The van der Waals surface area contributed by atoms with Crippen molar-refractivity contribution < 1.29 is 23.9 Å². The Balaban J connectivity index is 2.17. The summed E-state index contributed by atoms with van der Waals surface area (Å²) in [5.41, 5.74) is -0.407. The van der Waals surface area contributed by atoms with Crippen LogP contribution in [0.25, 0.3) is 0 Å². The number of esters is 1. The molecule has 2 amide bonds. The number of rotatable bonds is 6. The van der Waals surface area contributed by atoms with Gasteiger partial charge in [0.15, 0.2) is 0 Å². The van der Waals surface area contributed by atoms with Gasteiger partial charge in [-0.15, -0.1) is 0 Å². The average molecular weight is 370 g/mol. The van der Waals surface area contributed by atoms with Crippen LogP contribution in [0.3, 0.4) is 0 Å². The lowest BCUT2D eigenvalue weighted by molar-refractivity contribution is -0.135. The summed E-state index contributed by atoms with van der Waals surface area (Å²) < 4.78 is 9.83. The van der Waals surface area contributed by atoms with Gasteiger partial charge in [-0.05, 0) is 38.1 Å². The molecule has 0 aliphatic carbocycles. The predicted molar refractivity (Wildman–Crippen MR) is 102 cm³/mol. The van der Waals surface area contributed by atoms with Crippen LogP contribution in [0.1, 0.15) is 24.2 Å². The van der Waals surface area contributed by atoms with E-state index in [9.17, 15) is 14.4 Å². The number of para-hydroxylation sites is 1. The molecule has 2 rings (SSSR count). The lowest BCUT2D eigenvalue weighted by atomic mass is 9.90. The normalized spacial score (nSPS) is 10.7. The van der Waals surface area contributed by atoms with Gasteiger partial charge in [-0.1, -0.05) is 18.2 Å². The fourth-order valence-electron chi connectivity index (χ4n) is 2.25. The molecule has 0 fully saturated rings. The molecular weight excluding hydrogens is 348 g/mol. The van der Waals surface area contributed by atoms with E-state index in [0.717, 1.165) is 0 Å². The maximum Gasteiger partial charge on any atom is 0.339 e. The lowest BCUT2D eigenvalue weighted by Gasteiger charge is -2.23. The molecule has 0 saturated carbocycles. The summed E-state index contributed by atoms with van der Waals surface area (Å²) in [6.07, 6.45) is 0. The molecule has 0 aliphatic heterocycles. The second kappa shape index (κ2) is 8.35. The number of carbonyl (C=O) groups excluding carboxylic acids is 3. The Morgan fingerprint density at radius 1 is 0.889 bits per heavy atom. The average Bonchev–Trinajstić information content (AvgIpc) is 2.67. The fourth-order valence-corrected chi connectivity index (χ4v) is 2.25. The number of carbonyl (C=O) groups is 3.